The van der Waals surface area contributed by atoms with Gasteiger partial charge in [0.15, 0.2) is 17.3 Å². The number of nitrogens with zero attached hydrogens (tertiary/aromatic N) is 7. The molecule has 3 N–H and O–H groups in total. The van der Waals surface area contributed by atoms with Gasteiger partial charge in [-0.25, -0.2) is 40.5 Å². The molecule has 0 aromatic carbocycles. The predicted molar refractivity (Wildman–Crippen MR) is 133 cm³/mol. The number of fused-ring (bicyclic) bond motifs is 2. The molecule has 204 valence electrons. The zero-order valence-electron chi connectivity index (χ0n) is 20.5. The lowest BCUT2D eigenvalue weighted by Gasteiger charge is -2.37. The monoisotopic (exact) mass is 555 g/mol. The first kappa shape index (κ1) is 26.1. The van der Waals surface area contributed by atoms with Gasteiger partial charge < -0.3 is 15.6 Å². The van der Waals surface area contributed by atoms with E-state index in [1.54, 1.807) is 23.6 Å². The summed E-state index contributed by atoms with van der Waals surface area (Å²) in [5.41, 5.74) is 7.42. The second-order valence-corrected chi connectivity index (χ2v) is 11.2. The van der Waals surface area contributed by atoms with Crippen molar-refractivity contribution in [3.8, 4) is 11.3 Å². The molecule has 5 heterocycles. The van der Waals surface area contributed by atoms with Gasteiger partial charge in [0.2, 0.25) is 16.0 Å². The Balaban J connectivity index is 1.43. The van der Waals surface area contributed by atoms with Gasteiger partial charge in [-0.1, -0.05) is 0 Å². The number of pyridine rings is 1. The number of anilines is 2. The van der Waals surface area contributed by atoms with Crippen molar-refractivity contribution < 1.29 is 26.0 Å². The number of hydrogen-bond acceptors (Lipinski definition) is 8. The van der Waals surface area contributed by atoms with Crippen LogP contribution in [0.1, 0.15) is 12.2 Å². The summed E-state index contributed by atoms with van der Waals surface area (Å²) in [6, 6.07) is 3.20. The lowest BCUT2D eigenvalue weighted by Crippen LogP contribution is -2.52. The standard InChI is InChI=1S/C22H25F4N9O2S/c1-12-29-16-4-3-15(30-20(16)34(12)8-6-23)17-14(24)10-35-18(17)19(27)31-21(32-35)28-9-13-5-7-33(38(2,36)37)11-22(13,25)26/h3-4,10,13H,5-9,11H2,1-2H3,(H3,27,28,31,32). The molecule has 0 aliphatic carbocycles. The Morgan fingerprint density at radius 2 is 2.00 bits per heavy atom. The van der Waals surface area contributed by atoms with Gasteiger partial charge in [-0.15, -0.1) is 5.10 Å². The van der Waals surface area contributed by atoms with Crippen LogP contribution in [0, 0.1) is 18.7 Å². The van der Waals surface area contributed by atoms with Crippen molar-refractivity contribution in [1.29, 1.82) is 0 Å². The lowest BCUT2D eigenvalue weighted by atomic mass is 9.94. The fraction of sp³-hybridized carbons (Fsp3) is 0.455. The van der Waals surface area contributed by atoms with Crippen LogP contribution in [0.5, 0.6) is 0 Å². The number of piperidine rings is 1. The fourth-order valence-corrected chi connectivity index (χ4v) is 5.55. The molecule has 5 rings (SSSR count). The van der Waals surface area contributed by atoms with Gasteiger partial charge in [-0.3, -0.25) is 0 Å². The number of aryl methyl sites for hydroxylation is 2. The molecule has 1 saturated heterocycles. The van der Waals surface area contributed by atoms with Crippen LogP contribution in [-0.2, 0) is 16.6 Å². The van der Waals surface area contributed by atoms with Crippen LogP contribution in [0.3, 0.4) is 0 Å². The van der Waals surface area contributed by atoms with Crippen LogP contribution in [0.4, 0.5) is 29.3 Å². The summed E-state index contributed by atoms with van der Waals surface area (Å²) in [6.07, 6.45) is 1.90. The Morgan fingerprint density at radius 3 is 2.68 bits per heavy atom. The van der Waals surface area contributed by atoms with E-state index >= 15 is 4.39 Å². The van der Waals surface area contributed by atoms with Crippen molar-refractivity contribution in [3.63, 3.8) is 0 Å². The van der Waals surface area contributed by atoms with Gasteiger partial charge in [0.25, 0.3) is 5.92 Å². The second-order valence-electron chi connectivity index (χ2n) is 9.23. The lowest BCUT2D eigenvalue weighted by molar-refractivity contribution is -0.0881. The largest absolute Gasteiger partial charge is 0.382 e. The second kappa shape index (κ2) is 9.34. The molecule has 0 saturated carbocycles. The number of aromatic nitrogens is 6. The maximum absolute atomic E-state index is 15.1. The minimum Gasteiger partial charge on any atom is -0.382 e. The van der Waals surface area contributed by atoms with E-state index in [2.05, 4.69) is 25.4 Å². The van der Waals surface area contributed by atoms with Gasteiger partial charge in [0, 0.05) is 19.0 Å². The Labute approximate surface area is 214 Å². The molecular formula is C22H25F4N9O2S. The van der Waals surface area contributed by atoms with Gasteiger partial charge >= 0.3 is 0 Å². The fourth-order valence-electron chi connectivity index (χ4n) is 4.71. The SMILES string of the molecule is Cc1nc2ccc(-c3c(F)cn4nc(NCC5CCN(S(C)(=O)=O)CC5(F)F)nc(N)c34)nc2n1CCF. The molecule has 1 fully saturated rings. The van der Waals surface area contributed by atoms with Crippen LogP contribution in [-0.4, -0.2) is 80.3 Å². The molecule has 0 bridgehead atoms. The third kappa shape index (κ3) is 4.62. The Bertz CT molecular complexity index is 1640. The Kier molecular flexibility index (Phi) is 6.41. The summed E-state index contributed by atoms with van der Waals surface area (Å²) in [6.45, 7) is -0.0477. The molecule has 1 aliphatic heterocycles. The normalized spacial score (nSPS) is 18.4. The molecule has 1 unspecified atom stereocenters. The summed E-state index contributed by atoms with van der Waals surface area (Å²) >= 11 is 0. The maximum atomic E-state index is 15.1. The van der Waals surface area contributed by atoms with Crippen LogP contribution in [0.25, 0.3) is 27.9 Å². The molecule has 11 nitrogen and oxygen atoms in total. The molecule has 1 aliphatic rings. The predicted octanol–water partition coefficient (Wildman–Crippen LogP) is 2.47. The topological polar surface area (TPSA) is 136 Å². The number of halogens is 4. The van der Waals surface area contributed by atoms with E-state index in [0.29, 0.717) is 17.0 Å². The third-order valence-electron chi connectivity index (χ3n) is 6.65. The van der Waals surface area contributed by atoms with Crippen molar-refractivity contribution >= 4 is 38.5 Å². The van der Waals surface area contributed by atoms with Gasteiger partial charge in [0.1, 0.15) is 23.5 Å². The molecule has 38 heavy (non-hydrogen) atoms. The molecule has 1 atom stereocenters. The molecule has 4 aromatic heterocycles. The van der Waals surface area contributed by atoms with Crippen molar-refractivity contribution in [2.75, 3.05) is 43.6 Å². The minimum absolute atomic E-state index is 0.0290. The maximum Gasteiger partial charge on any atom is 0.266 e. The highest BCUT2D eigenvalue weighted by Gasteiger charge is 2.46. The van der Waals surface area contributed by atoms with Gasteiger partial charge in [-0.05, 0) is 25.5 Å². The number of hydrogen-bond donors (Lipinski definition) is 2. The van der Waals surface area contributed by atoms with Crippen molar-refractivity contribution in [1.82, 2.24) is 33.4 Å². The number of imidazole rings is 1. The average molecular weight is 556 g/mol. The summed E-state index contributed by atoms with van der Waals surface area (Å²) < 4.78 is 84.2. The molecule has 0 radical (unpaired) electrons. The highest BCUT2D eigenvalue weighted by atomic mass is 32.2. The van der Waals surface area contributed by atoms with Crippen molar-refractivity contribution in [2.24, 2.45) is 5.92 Å². The van der Waals surface area contributed by atoms with E-state index in [1.807, 2.05) is 0 Å². The van der Waals surface area contributed by atoms with Crippen molar-refractivity contribution in [2.45, 2.75) is 25.8 Å². The van der Waals surface area contributed by atoms with Crippen LogP contribution in [0.2, 0.25) is 0 Å². The van der Waals surface area contributed by atoms with Gasteiger partial charge in [0.05, 0.1) is 36.8 Å². The number of sulfonamides is 1. The summed E-state index contributed by atoms with van der Waals surface area (Å²) in [4.78, 5) is 13.0. The Hall–Kier alpha value is -3.53. The summed E-state index contributed by atoms with van der Waals surface area (Å²) in [5.74, 6) is -4.79. The number of rotatable bonds is 7. The van der Waals surface area contributed by atoms with Crippen molar-refractivity contribution in [3.05, 3.63) is 30.0 Å². The molecule has 0 amide bonds. The smallest absolute Gasteiger partial charge is 0.266 e. The quantitative estimate of drug-likeness (QED) is 0.332. The molecule has 4 aromatic rings. The summed E-state index contributed by atoms with van der Waals surface area (Å²) in [5, 5.41) is 6.89. The van der Waals surface area contributed by atoms with Crippen LogP contribution < -0.4 is 11.1 Å². The summed E-state index contributed by atoms with van der Waals surface area (Å²) in [7, 11) is -3.73. The molecular weight excluding hydrogens is 530 g/mol. The highest BCUT2D eigenvalue weighted by Crippen LogP contribution is 2.35. The zero-order chi connectivity index (χ0) is 27.4. The number of nitrogens with two attached hydrogens (primary N) is 1. The highest BCUT2D eigenvalue weighted by molar-refractivity contribution is 7.88. The van der Waals surface area contributed by atoms with E-state index < -0.39 is 40.9 Å². The third-order valence-corrected chi connectivity index (χ3v) is 7.90. The first-order valence-electron chi connectivity index (χ1n) is 11.7. The van der Waals surface area contributed by atoms with E-state index in [-0.39, 0.29) is 54.6 Å². The zero-order valence-corrected chi connectivity index (χ0v) is 21.3. The number of alkyl halides is 3. The first-order chi connectivity index (χ1) is 17.9. The first-order valence-corrected chi connectivity index (χ1v) is 13.5. The van der Waals surface area contributed by atoms with Crippen LogP contribution >= 0.6 is 0 Å². The van der Waals surface area contributed by atoms with E-state index in [4.69, 9.17) is 5.73 Å². The molecule has 0 spiro atoms. The van der Waals surface area contributed by atoms with Gasteiger partial charge in [-0.2, -0.15) is 9.29 Å². The number of nitrogens with one attached hydrogen (secondary N) is 1. The number of nitrogen functional groups attached to an aromatic ring is 1. The molecule has 16 heteroatoms. The minimum atomic E-state index is -3.73. The van der Waals surface area contributed by atoms with E-state index in [0.717, 1.165) is 21.3 Å². The van der Waals surface area contributed by atoms with E-state index in [9.17, 15) is 21.6 Å². The van der Waals surface area contributed by atoms with Crippen LogP contribution in [0.15, 0.2) is 18.3 Å². The van der Waals surface area contributed by atoms with E-state index in [1.165, 1.54) is 0 Å². The Morgan fingerprint density at radius 1 is 1.24 bits per heavy atom. The average Bonchev–Trinajstić information content (AvgIpc) is 3.32.